The topological polar surface area (TPSA) is 63.3 Å². The fourth-order valence-electron chi connectivity index (χ4n) is 2.19. The van der Waals surface area contributed by atoms with Gasteiger partial charge in [0.25, 0.3) is 0 Å². The van der Waals surface area contributed by atoms with Crippen molar-refractivity contribution in [2.24, 2.45) is 0 Å². The van der Waals surface area contributed by atoms with Gasteiger partial charge in [-0.2, -0.15) is 0 Å². The number of nitrogen functional groups attached to an aromatic ring is 1. The summed E-state index contributed by atoms with van der Waals surface area (Å²) in [6, 6.07) is 14.4. The van der Waals surface area contributed by atoms with E-state index in [2.05, 4.69) is 15.9 Å². The third kappa shape index (κ3) is 2.24. The molecule has 3 nitrogen and oxygen atoms in total. The Kier molecular flexibility index (Phi) is 3.62. The fraction of sp³-hybridized carbons (Fsp3) is 0.133. The zero-order chi connectivity index (χ0) is 14.0. The molecule has 0 aliphatic carbocycles. The lowest BCUT2D eigenvalue weighted by Crippen LogP contribution is -2.34. The Hall–Kier alpha value is -1.81. The van der Waals surface area contributed by atoms with Crippen molar-refractivity contribution in [3.05, 3.63) is 64.1 Å². The molecule has 0 aliphatic rings. The van der Waals surface area contributed by atoms with E-state index in [0.29, 0.717) is 16.8 Å². The van der Waals surface area contributed by atoms with E-state index in [9.17, 15) is 9.90 Å². The first-order valence-corrected chi connectivity index (χ1v) is 6.60. The van der Waals surface area contributed by atoms with Crippen LogP contribution in [0.2, 0.25) is 0 Å². The molecule has 0 spiro atoms. The smallest absolute Gasteiger partial charge is 0.318 e. The van der Waals surface area contributed by atoms with Crippen LogP contribution in [0.15, 0.2) is 53.0 Å². The van der Waals surface area contributed by atoms with Gasteiger partial charge in [0.05, 0.1) is 0 Å². The molecular weight excluding hydrogens is 306 g/mol. The Morgan fingerprint density at radius 2 is 1.63 bits per heavy atom. The molecule has 0 radical (unpaired) electrons. The molecule has 0 bridgehead atoms. The van der Waals surface area contributed by atoms with E-state index >= 15 is 0 Å². The minimum absolute atomic E-state index is 0.475. The van der Waals surface area contributed by atoms with Crippen LogP contribution >= 0.6 is 15.9 Å². The summed E-state index contributed by atoms with van der Waals surface area (Å²) in [5, 5.41) is 9.71. The summed E-state index contributed by atoms with van der Waals surface area (Å²) in [5.74, 6) is -0.933. The Morgan fingerprint density at radius 1 is 1.11 bits per heavy atom. The first kappa shape index (κ1) is 13.6. The number of para-hydroxylation sites is 1. The van der Waals surface area contributed by atoms with Crippen LogP contribution in [0.5, 0.6) is 0 Å². The maximum absolute atomic E-state index is 11.9. The second-order valence-corrected chi connectivity index (χ2v) is 5.35. The molecule has 0 heterocycles. The highest BCUT2D eigenvalue weighted by molar-refractivity contribution is 9.10. The summed E-state index contributed by atoms with van der Waals surface area (Å²) in [6.07, 6.45) is 0. The predicted molar refractivity (Wildman–Crippen MR) is 79.1 cm³/mol. The first-order chi connectivity index (χ1) is 8.98. The normalized spacial score (nSPS) is 13.8. The van der Waals surface area contributed by atoms with E-state index in [1.165, 1.54) is 0 Å². The maximum atomic E-state index is 11.9. The molecule has 1 atom stereocenters. The molecular formula is C15H14BrNO2. The van der Waals surface area contributed by atoms with Crippen molar-refractivity contribution in [3.8, 4) is 0 Å². The number of carboxylic acid groups (broad SMARTS) is 1. The van der Waals surface area contributed by atoms with E-state index in [4.69, 9.17) is 5.73 Å². The molecule has 0 fully saturated rings. The van der Waals surface area contributed by atoms with Crippen LogP contribution < -0.4 is 5.73 Å². The average molecular weight is 320 g/mol. The molecule has 2 rings (SSSR count). The van der Waals surface area contributed by atoms with E-state index in [1.807, 2.05) is 18.2 Å². The monoisotopic (exact) mass is 319 g/mol. The van der Waals surface area contributed by atoms with Crippen molar-refractivity contribution in [1.29, 1.82) is 0 Å². The molecule has 2 aromatic carbocycles. The van der Waals surface area contributed by atoms with Gasteiger partial charge in [-0.3, -0.25) is 4.79 Å². The number of hydrogen-bond donors (Lipinski definition) is 2. The molecule has 0 aromatic heterocycles. The minimum atomic E-state index is -1.19. The van der Waals surface area contributed by atoms with Crippen molar-refractivity contribution in [2.75, 3.05) is 5.73 Å². The SMILES string of the molecule is CC(C(=O)O)(c1ccccc1N)c1ccccc1Br. The van der Waals surface area contributed by atoms with Crippen molar-refractivity contribution in [3.63, 3.8) is 0 Å². The Balaban J connectivity index is 2.73. The van der Waals surface area contributed by atoms with E-state index < -0.39 is 11.4 Å². The number of hydrogen-bond acceptors (Lipinski definition) is 2. The zero-order valence-electron chi connectivity index (χ0n) is 10.4. The van der Waals surface area contributed by atoms with Crippen LogP contribution in [-0.4, -0.2) is 11.1 Å². The molecule has 98 valence electrons. The van der Waals surface area contributed by atoms with Crippen LogP contribution in [-0.2, 0) is 10.2 Å². The molecule has 0 aliphatic heterocycles. The van der Waals surface area contributed by atoms with Gasteiger partial charge in [-0.25, -0.2) is 0 Å². The molecule has 0 amide bonds. The van der Waals surface area contributed by atoms with Gasteiger partial charge in [-0.1, -0.05) is 52.3 Å². The molecule has 3 N–H and O–H groups in total. The summed E-state index contributed by atoms with van der Waals surface area (Å²) < 4.78 is 0.753. The van der Waals surface area contributed by atoms with Crippen molar-refractivity contribution < 1.29 is 9.90 Å². The molecule has 0 saturated heterocycles. The molecule has 1 unspecified atom stereocenters. The third-order valence-corrected chi connectivity index (χ3v) is 4.03. The Morgan fingerprint density at radius 3 is 2.16 bits per heavy atom. The number of aliphatic carboxylic acids is 1. The highest BCUT2D eigenvalue weighted by Crippen LogP contribution is 2.39. The zero-order valence-corrected chi connectivity index (χ0v) is 12.0. The lowest BCUT2D eigenvalue weighted by molar-refractivity contribution is -0.141. The van der Waals surface area contributed by atoms with Crippen LogP contribution in [0.1, 0.15) is 18.1 Å². The summed E-state index contributed by atoms with van der Waals surface area (Å²) >= 11 is 3.42. The van der Waals surface area contributed by atoms with Gasteiger partial charge in [0, 0.05) is 10.2 Å². The van der Waals surface area contributed by atoms with Gasteiger partial charge in [-0.15, -0.1) is 0 Å². The largest absolute Gasteiger partial charge is 0.480 e. The van der Waals surface area contributed by atoms with Gasteiger partial charge >= 0.3 is 5.97 Å². The van der Waals surface area contributed by atoms with Crippen molar-refractivity contribution >= 4 is 27.6 Å². The fourth-order valence-corrected chi connectivity index (χ4v) is 2.88. The van der Waals surface area contributed by atoms with Gasteiger partial charge in [-0.05, 0) is 30.2 Å². The second kappa shape index (κ2) is 5.05. The molecule has 0 saturated carbocycles. The number of nitrogens with two attached hydrogens (primary N) is 1. The molecule has 19 heavy (non-hydrogen) atoms. The summed E-state index contributed by atoms with van der Waals surface area (Å²) in [7, 11) is 0. The highest BCUT2D eigenvalue weighted by Gasteiger charge is 2.39. The minimum Gasteiger partial charge on any atom is -0.480 e. The van der Waals surface area contributed by atoms with Gasteiger partial charge in [0.15, 0.2) is 0 Å². The third-order valence-electron chi connectivity index (χ3n) is 3.34. The number of carbonyl (C=O) groups is 1. The molecule has 2 aromatic rings. The van der Waals surface area contributed by atoms with E-state index in [0.717, 1.165) is 4.47 Å². The first-order valence-electron chi connectivity index (χ1n) is 5.81. The van der Waals surface area contributed by atoms with Crippen LogP contribution in [0, 0.1) is 0 Å². The van der Waals surface area contributed by atoms with E-state index in [-0.39, 0.29) is 0 Å². The lowest BCUT2D eigenvalue weighted by atomic mass is 9.75. The second-order valence-electron chi connectivity index (χ2n) is 4.50. The Bertz CT molecular complexity index is 580. The van der Waals surface area contributed by atoms with Crippen LogP contribution in [0.4, 0.5) is 5.69 Å². The lowest BCUT2D eigenvalue weighted by Gasteiger charge is -2.28. The quantitative estimate of drug-likeness (QED) is 0.852. The average Bonchev–Trinajstić information content (AvgIpc) is 2.38. The standard InChI is InChI=1S/C15H14BrNO2/c1-15(14(18)19,10-6-2-4-8-12(10)16)11-7-3-5-9-13(11)17/h2-9H,17H2,1H3,(H,18,19). The number of halogens is 1. The van der Waals surface area contributed by atoms with Crippen LogP contribution in [0.3, 0.4) is 0 Å². The number of rotatable bonds is 3. The summed E-state index contributed by atoms with van der Waals surface area (Å²) in [6.45, 7) is 1.67. The van der Waals surface area contributed by atoms with Gasteiger partial charge in [0.1, 0.15) is 5.41 Å². The number of anilines is 1. The Labute approximate surface area is 120 Å². The maximum Gasteiger partial charge on any atom is 0.318 e. The van der Waals surface area contributed by atoms with Crippen LogP contribution in [0.25, 0.3) is 0 Å². The van der Waals surface area contributed by atoms with E-state index in [1.54, 1.807) is 37.3 Å². The predicted octanol–water partition coefficient (Wildman–Crippen LogP) is 3.42. The van der Waals surface area contributed by atoms with Gasteiger partial charge in [0.2, 0.25) is 0 Å². The summed E-state index contributed by atoms with van der Waals surface area (Å²) in [5.41, 5.74) is 6.51. The number of carboxylic acids is 1. The van der Waals surface area contributed by atoms with Crippen molar-refractivity contribution in [1.82, 2.24) is 0 Å². The summed E-state index contributed by atoms with van der Waals surface area (Å²) in [4.78, 5) is 11.9. The molecule has 4 heteroatoms. The number of benzene rings is 2. The highest BCUT2D eigenvalue weighted by atomic mass is 79.9. The van der Waals surface area contributed by atoms with Crippen molar-refractivity contribution in [2.45, 2.75) is 12.3 Å². The van der Waals surface area contributed by atoms with Gasteiger partial charge < -0.3 is 10.8 Å².